The molecular formula is C16H23N3O2. The Hall–Kier alpha value is -1.88. The molecule has 0 aromatic heterocycles. The number of nitrogens with zero attached hydrogens (tertiary/aromatic N) is 2. The van der Waals surface area contributed by atoms with Crippen molar-refractivity contribution in [2.75, 3.05) is 32.5 Å². The molecule has 2 amide bonds. The zero-order valence-corrected chi connectivity index (χ0v) is 13.1. The maximum absolute atomic E-state index is 12.7. The highest BCUT2D eigenvalue weighted by molar-refractivity contribution is 6.01. The Kier molecular flexibility index (Phi) is 4.63. The lowest BCUT2D eigenvalue weighted by molar-refractivity contribution is -0.115. The third-order valence-electron chi connectivity index (χ3n) is 3.74. The number of carbonyl (C=O) groups is 2. The van der Waals surface area contributed by atoms with Crippen LogP contribution in [-0.2, 0) is 11.2 Å². The summed E-state index contributed by atoms with van der Waals surface area (Å²) in [6.07, 6.45) is 0.357. The van der Waals surface area contributed by atoms with Crippen molar-refractivity contribution in [1.29, 1.82) is 0 Å². The average molecular weight is 289 g/mol. The van der Waals surface area contributed by atoms with Crippen LogP contribution in [-0.4, -0.2) is 54.8 Å². The van der Waals surface area contributed by atoms with E-state index in [9.17, 15) is 9.59 Å². The van der Waals surface area contributed by atoms with E-state index in [1.54, 1.807) is 6.07 Å². The fraction of sp³-hybridized carbons (Fsp3) is 0.500. The zero-order valence-electron chi connectivity index (χ0n) is 13.1. The van der Waals surface area contributed by atoms with Gasteiger partial charge in [-0.15, -0.1) is 0 Å². The molecule has 0 saturated heterocycles. The van der Waals surface area contributed by atoms with E-state index in [0.29, 0.717) is 18.5 Å². The van der Waals surface area contributed by atoms with E-state index in [4.69, 9.17) is 0 Å². The van der Waals surface area contributed by atoms with Crippen LogP contribution in [0.3, 0.4) is 0 Å². The SMILES string of the molecule is CCN(C(=O)c1ccc2c(c1)CC(=O)N2)C(C)CN(C)C. The zero-order chi connectivity index (χ0) is 15.6. The number of likely N-dealkylation sites (N-methyl/N-ethyl adjacent to an activating group) is 2. The van der Waals surface area contributed by atoms with Gasteiger partial charge in [0.15, 0.2) is 0 Å². The van der Waals surface area contributed by atoms with Crippen LogP contribution in [0.15, 0.2) is 18.2 Å². The summed E-state index contributed by atoms with van der Waals surface area (Å²) in [7, 11) is 4.00. The fourth-order valence-electron chi connectivity index (χ4n) is 2.81. The Morgan fingerprint density at radius 2 is 2.10 bits per heavy atom. The Labute approximate surface area is 125 Å². The Morgan fingerprint density at radius 1 is 1.38 bits per heavy atom. The first-order valence-corrected chi connectivity index (χ1v) is 7.30. The molecule has 1 N–H and O–H groups in total. The highest BCUT2D eigenvalue weighted by atomic mass is 16.2. The van der Waals surface area contributed by atoms with Gasteiger partial charge in [0.05, 0.1) is 6.42 Å². The summed E-state index contributed by atoms with van der Waals surface area (Å²) >= 11 is 0. The van der Waals surface area contributed by atoms with Crippen molar-refractivity contribution in [3.05, 3.63) is 29.3 Å². The topological polar surface area (TPSA) is 52.7 Å². The first-order valence-electron chi connectivity index (χ1n) is 7.30. The summed E-state index contributed by atoms with van der Waals surface area (Å²) in [5.41, 5.74) is 2.38. The van der Waals surface area contributed by atoms with Crippen molar-refractivity contribution in [2.24, 2.45) is 0 Å². The lowest BCUT2D eigenvalue weighted by Crippen LogP contribution is -2.43. The third-order valence-corrected chi connectivity index (χ3v) is 3.74. The standard InChI is InChI=1S/C16H23N3O2/c1-5-19(11(2)10-18(3)4)16(21)12-6-7-14-13(8-12)9-15(20)17-14/h6-8,11H,5,9-10H2,1-4H3,(H,17,20). The van der Waals surface area contributed by atoms with Crippen LogP contribution in [0.4, 0.5) is 5.69 Å². The van der Waals surface area contributed by atoms with E-state index in [0.717, 1.165) is 17.8 Å². The molecule has 1 aliphatic rings. The summed E-state index contributed by atoms with van der Waals surface area (Å²) in [6, 6.07) is 5.58. The molecule has 1 heterocycles. The van der Waals surface area contributed by atoms with Crippen LogP contribution in [0.2, 0.25) is 0 Å². The minimum atomic E-state index is -0.0112. The van der Waals surface area contributed by atoms with Crippen LogP contribution in [0.5, 0.6) is 0 Å². The van der Waals surface area contributed by atoms with Gasteiger partial charge in [0.1, 0.15) is 0 Å². The van der Waals surface area contributed by atoms with Crippen molar-refractivity contribution in [2.45, 2.75) is 26.3 Å². The molecule has 0 fully saturated rings. The Morgan fingerprint density at radius 3 is 2.71 bits per heavy atom. The summed E-state index contributed by atoms with van der Waals surface area (Å²) in [6.45, 7) is 5.54. The molecule has 1 atom stereocenters. The van der Waals surface area contributed by atoms with Crippen LogP contribution < -0.4 is 5.32 Å². The summed E-state index contributed by atoms with van der Waals surface area (Å²) in [5, 5.41) is 2.79. The molecule has 1 aliphatic heterocycles. The maximum Gasteiger partial charge on any atom is 0.254 e. The van der Waals surface area contributed by atoms with Crippen LogP contribution in [0.1, 0.15) is 29.8 Å². The highest BCUT2D eigenvalue weighted by Crippen LogP contribution is 2.24. The highest BCUT2D eigenvalue weighted by Gasteiger charge is 2.23. The van der Waals surface area contributed by atoms with Crippen molar-refractivity contribution >= 4 is 17.5 Å². The monoisotopic (exact) mass is 289 g/mol. The number of anilines is 1. The molecule has 114 valence electrons. The summed E-state index contributed by atoms with van der Waals surface area (Å²) in [4.78, 5) is 28.0. The molecule has 0 radical (unpaired) electrons. The van der Waals surface area contributed by atoms with Gasteiger partial charge in [0.25, 0.3) is 5.91 Å². The van der Waals surface area contributed by atoms with Gasteiger partial charge in [0, 0.05) is 30.4 Å². The third kappa shape index (κ3) is 3.42. The van der Waals surface area contributed by atoms with Crippen molar-refractivity contribution in [3.8, 4) is 0 Å². The van der Waals surface area contributed by atoms with Gasteiger partial charge in [-0.1, -0.05) is 0 Å². The van der Waals surface area contributed by atoms with Gasteiger partial charge in [0.2, 0.25) is 5.91 Å². The number of hydrogen-bond acceptors (Lipinski definition) is 3. The van der Waals surface area contributed by atoms with Gasteiger partial charge < -0.3 is 15.1 Å². The average Bonchev–Trinajstić information content (AvgIpc) is 2.77. The normalized spacial score (nSPS) is 14.8. The molecular weight excluding hydrogens is 266 g/mol. The molecule has 1 unspecified atom stereocenters. The lowest BCUT2D eigenvalue weighted by atomic mass is 10.1. The number of rotatable bonds is 5. The molecule has 0 spiro atoms. The number of carbonyl (C=O) groups excluding carboxylic acids is 2. The second kappa shape index (κ2) is 6.26. The number of hydrogen-bond donors (Lipinski definition) is 1. The maximum atomic E-state index is 12.7. The largest absolute Gasteiger partial charge is 0.335 e. The molecule has 5 heteroatoms. The van der Waals surface area contributed by atoms with Gasteiger partial charge >= 0.3 is 0 Å². The van der Waals surface area contributed by atoms with Gasteiger partial charge in [-0.05, 0) is 51.7 Å². The number of amides is 2. The Balaban J connectivity index is 2.18. The molecule has 2 rings (SSSR count). The van der Waals surface area contributed by atoms with Crippen LogP contribution in [0, 0.1) is 0 Å². The van der Waals surface area contributed by atoms with Gasteiger partial charge in [-0.2, -0.15) is 0 Å². The van der Waals surface area contributed by atoms with E-state index in [1.807, 2.05) is 38.1 Å². The summed E-state index contributed by atoms with van der Waals surface area (Å²) < 4.78 is 0. The first-order chi connectivity index (χ1) is 9.92. The second-order valence-corrected chi connectivity index (χ2v) is 5.80. The quantitative estimate of drug-likeness (QED) is 0.895. The predicted molar refractivity (Wildman–Crippen MR) is 83.5 cm³/mol. The van der Waals surface area contributed by atoms with Gasteiger partial charge in [-0.3, -0.25) is 9.59 Å². The molecule has 1 aromatic rings. The Bertz CT molecular complexity index is 554. The van der Waals surface area contributed by atoms with E-state index in [2.05, 4.69) is 17.1 Å². The van der Waals surface area contributed by atoms with Crippen molar-refractivity contribution in [1.82, 2.24) is 9.80 Å². The summed E-state index contributed by atoms with van der Waals surface area (Å²) in [5.74, 6) is 0.0110. The van der Waals surface area contributed by atoms with E-state index >= 15 is 0 Å². The predicted octanol–water partition coefficient (Wildman–Crippen LogP) is 1.59. The molecule has 0 bridgehead atoms. The minimum absolute atomic E-state index is 0.0112. The van der Waals surface area contributed by atoms with Crippen molar-refractivity contribution < 1.29 is 9.59 Å². The van der Waals surface area contributed by atoms with E-state index in [1.165, 1.54) is 0 Å². The second-order valence-electron chi connectivity index (χ2n) is 5.80. The van der Waals surface area contributed by atoms with Crippen LogP contribution in [0.25, 0.3) is 0 Å². The number of benzene rings is 1. The van der Waals surface area contributed by atoms with E-state index in [-0.39, 0.29) is 17.9 Å². The lowest BCUT2D eigenvalue weighted by Gasteiger charge is -2.30. The molecule has 0 saturated carbocycles. The van der Waals surface area contributed by atoms with E-state index < -0.39 is 0 Å². The van der Waals surface area contributed by atoms with Crippen LogP contribution >= 0.6 is 0 Å². The first kappa shape index (κ1) is 15.5. The molecule has 0 aliphatic carbocycles. The minimum Gasteiger partial charge on any atom is -0.335 e. The number of fused-ring (bicyclic) bond motifs is 1. The molecule has 5 nitrogen and oxygen atoms in total. The molecule has 1 aromatic carbocycles. The molecule has 21 heavy (non-hydrogen) atoms. The number of nitrogens with one attached hydrogen (secondary N) is 1. The van der Waals surface area contributed by atoms with Gasteiger partial charge in [-0.25, -0.2) is 0 Å². The fourth-order valence-corrected chi connectivity index (χ4v) is 2.81. The van der Waals surface area contributed by atoms with Crippen molar-refractivity contribution in [3.63, 3.8) is 0 Å². The smallest absolute Gasteiger partial charge is 0.254 e.